The number of aliphatic hydroxyl groups excluding tert-OH is 1. The summed E-state index contributed by atoms with van der Waals surface area (Å²) >= 11 is 1.57. The molecule has 2 aromatic rings. The van der Waals surface area contributed by atoms with E-state index >= 15 is 0 Å². The van der Waals surface area contributed by atoms with E-state index in [0.29, 0.717) is 17.4 Å². The maximum absolute atomic E-state index is 12.8. The van der Waals surface area contributed by atoms with Gasteiger partial charge in [-0.2, -0.15) is 0 Å². The third kappa shape index (κ3) is 4.24. The number of aliphatic hydroxyl groups is 1. The van der Waals surface area contributed by atoms with Crippen LogP contribution in [0.1, 0.15) is 28.8 Å². The van der Waals surface area contributed by atoms with E-state index in [0.717, 1.165) is 37.4 Å². The zero-order valence-electron chi connectivity index (χ0n) is 16.1. The Morgan fingerprint density at radius 3 is 2.64 bits per heavy atom. The standard InChI is InChI=1S/C22H27N3O2S/c1-28-21-5-3-2-4-18(21)22(27)24-19-10-16-13-25(14-17(16)11-20(19)26)12-15-6-8-23-9-7-15/h2-9,16-17,19-20,26H,10-14H2,1H3,(H,24,27)/t16-,17+,19-,20-/m0/s1. The average Bonchev–Trinajstić information content (AvgIpc) is 3.09. The summed E-state index contributed by atoms with van der Waals surface area (Å²) in [7, 11) is 0. The molecule has 1 aliphatic carbocycles. The zero-order chi connectivity index (χ0) is 19.5. The number of nitrogens with one attached hydrogen (secondary N) is 1. The minimum absolute atomic E-state index is 0.0842. The molecule has 28 heavy (non-hydrogen) atoms. The van der Waals surface area contributed by atoms with Gasteiger partial charge in [0.2, 0.25) is 0 Å². The van der Waals surface area contributed by atoms with Crippen molar-refractivity contribution in [1.82, 2.24) is 15.2 Å². The Morgan fingerprint density at radius 1 is 1.18 bits per heavy atom. The second-order valence-corrected chi connectivity index (χ2v) is 8.74. The highest BCUT2D eigenvalue weighted by Gasteiger charge is 2.42. The van der Waals surface area contributed by atoms with Gasteiger partial charge in [-0.3, -0.25) is 14.7 Å². The van der Waals surface area contributed by atoms with Crippen LogP contribution in [-0.2, 0) is 6.54 Å². The van der Waals surface area contributed by atoms with Gasteiger partial charge in [-0.1, -0.05) is 12.1 Å². The molecule has 148 valence electrons. The van der Waals surface area contributed by atoms with Crippen LogP contribution in [-0.4, -0.2) is 52.4 Å². The highest BCUT2D eigenvalue weighted by Crippen LogP contribution is 2.37. The van der Waals surface area contributed by atoms with Crippen molar-refractivity contribution in [3.8, 4) is 0 Å². The van der Waals surface area contributed by atoms with Crippen LogP contribution in [0.2, 0.25) is 0 Å². The van der Waals surface area contributed by atoms with Crippen molar-refractivity contribution in [3.63, 3.8) is 0 Å². The number of hydrogen-bond donors (Lipinski definition) is 2. The minimum Gasteiger partial charge on any atom is -0.391 e. The molecule has 1 saturated heterocycles. The van der Waals surface area contributed by atoms with E-state index in [1.807, 2.05) is 42.9 Å². The fourth-order valence-corrected chi connectivity index (χ4v) is 5.23. The number of hydrogen-bond acceptors (Lipinski definition) is 5. The Labute approximate surface area is 170 Å². The van der Waals surface area contributed by atoms with Gasteiger partial charge >= 0.3 is 0 Å². The summed E-state index contributed by atoms with van der Waals surface area (Å²) in [6, 6.07) is 11.6. The van der Waals surface area contributed by atoms with Crippen LogP contribution in [0.3, 0.4) is 0 Å². The first-order valence-electron chi connectivity index (χ1n) is 9.87. The summed E-state index contributed by atoms with van der Waals surface area (Å²) in [5.74, 6) is 0.939. The van der Waals surface area contributed by atoms with Crippen molar-refractivity contribution in [2.24, 2.45) is 11.8 Å². The molecule has 2 N–H and O–H groups in total. The predicted octanol–water partition coefficient (Wildman–Crippen LogP) is 2.80. The number of likely N-dealkylation sites (tertiary alicyclic amines) is 1. The number of pyridine rings is 1. The summed E-state index contributed by atoms with van der Waals surface area (Å²) < 4.78 is 0. The van der Waals surface area contributed by atoms with Crippen LogP contribution in [0.25, 0.3) is 0 Å². The third-order valence-corrected chi connectivity index (χ3v) is 6.84. The van der Waals surface area contributed by atoms with Crippen LogP contribution in [0.4, 0.5) is 0 Å². The van der Waals surface area contributed by atoms with Crippen LogP contribution >= 0.6 is 11.8 Å². The fraction of sp³-hybridized carbons (Fsp3) is 0.455. The Bertz CT molecular complexity index is 816. The zero-order valence-corrected chi connectivity index (χ0v) is 16.9. The first-order valence-corrected chi connectivity index (χ1v) is 11.1. The average molecular weight is 398 g/mol. The SMILES string of the molecule is CSc1ccccc1C(=O)N[C@H]1C[C@H]2CN(Cc3ccncc3)C[C@H]2C[C@@H]1O. The van der Waals surface area contributed by atoms with Crippen molar-refractivity contribution in [3.05, 3.63) is 59.9 Å². The molecule has 5 nitrogen and oxygen atoms in total. The van der Waals surface area contributed by atoms with Gasteiger partial charge in [0.25, 0.3) is 5.91 Å². The molecular weight excluding hydrogens is 370 g/mol. The van der Waals surface area contributed by atoms with E-state index in [-0.39, 0.29) is 11.9 Å². The Morgan fingerprint density at radius 2 is 1.89 bits per heavy atom. The highest BCUT2D eigenvalue weighted by molar-refractivity contribution is 7.98. The molecule has 2 fully saturated rings. The first kappa shape index (κ1) is 19.4. The molecule has 1 aliphatic heterocycles. The van der Waals surface area contributed by atoms with Crippen molar-refractivity contribution >= 4 is 17.7 Å². The summed E-state index contributed by atoms with van der Waals surface area (Å²) in [5.41, 5.74) is 1.96. The van der Waals surface area contributed by atoms with E-state index < -0.39 is 6.10 Å². The van der Waals surface area contributed by atoms with E-state index in [1.54, 1.807) is 11.8 Å². The van der Waals surface area contributed by atoms with Crippen LogP contribution in [0.15, 0.2) is 53.7 Å². The second-order valence-electron chi connectivity index (χ2n) is 7.89. The maximum atomic E-state index is 12.8. The summed E-state index contributed by atoms with van der Waals surface area (Å²) in [6.45, 7) is 2.96. The molecule has 0 spiro atoms. The smallest absolute Gasteiger partial charge is 0.252 e. The molecule has 4 rings (SSSR count). The minimum atomic E-state index is -0.479. The number of benzene rings is 1. The van der Waals surface area contributed by atoms with Crippen molar-refractivity contribution < 1.29 is 9.90 Å². The lowest BCUT2D eigenvalue weighted by atomic mass is 9.77. The van der Waals surface area contributed by atoms with E-state index in [1.165, 1.54) is 5.56 Å². The molecule has 2 aliphatic rings. The Balaban J connectivity index is 1.38. The topological polar surface area (TPSA) is 65.5 Å². The molecule has 1 aromatic carbocycles. The van der Waals surface area contributed by atoms with Gasteiger partial charge in [0.1, 0.15) is 0 Å². The second kappa shape index (κ2) is 8.64. The number of carbonyl (C=O) groups excluding carboxylic acids is 1. The van der Waals surface area contributed by atoms with Gasteiger partial charge in [-0.25, -0.2) is 0 Å². The Kier molecular flexibility index (Phi) is 5.99. The lowest BCUT2D eigenvalue weighted by Crippen LogP contribution is -2.49. The summed E-state index contributed by atoms with van der Waals surface area (Å²) in [6.07, 6.45) is 6.76. The molecule has 0 bridgehead atoms. The number of thioether (sulfide) groups is 1. The summed E-state index contributed by atoms with van der Waals surface area (Å²) in [5, 5.41) is 13.8. The lowest BCUT2D eigenvalue weighted by Gasteiger charge is -2.35. The number of rotatable bonds is 5. The van der Waals surface area contributed by atoms with E-state index in [9.17, 15) is 9.90 Å². The molecule has 6 heteroatoms. The fourth-order valence-electron chi connectivity index (χ4n) is 4.64. The van der Waals surface area contributed by atoms with Gasteiger partial charge in [0.05, 0.1) is 17.7 Å². The van der Waals surface area contributed by atoms with Crippen LogP contribution in [0.5, 0.6) is 0 Å². The van der Waals surface area contributed by atoms with Crippen molar-refractivity contribution in [2.75, 3.05) is 19.3 Å². The number of nitrogens with zero attached hydrogens (tertiary/aromatic N) is 2. The molecule has 1 amide bonds. The molecule has 4 atom stereocenters. The molecule has 1 saturated carbocycles. The van der Waals surface area contributed by atoms with Crippen LogP contribution < -0.4 is 5.32 Å². The van der Waals surface area contributed by atoms with E-state index in [2.05, 4.69) is 27.3 Å². The first-order chi connectivity index (χ1) is 13.6. The van der Waals surface area contributed by atoms with Gasteiger partial charge < -0.3 is 10.4 Å². The van der Waals surface area contributed by atoms with Gasteiger partial charge in [-0.15, -0.1) is 11.8 Å². The number of aromatic nitrogens is 1. The molecule has 2 heterocycles. The molecule has 0 radical (unpaired) electrons. The van der Waals surface area contributed by atoms with Crippen LogP contribution in [0, 0.1) is 11.8 Å². The maximum Gasteiger partial charge on any atom is 0.252 e. The van der Waals surface area contributed by atoms with E-state index in [4.69, 9.17) is 0 Å². The largest absolute Gasteiger partial charge is 0.391 e. The van der Waals surface area contributed by atoms with Crippen molar-refractivity contribution in [1.29, 1.82) is 0 Å². The molecule has 1 aromatic heterocycles. The highest BCUT2D eigenvalue weighted by atomic mass is 32.2. The van der Waals surface area contributed by atoms with Gasteiger partial charge in [0, 0.05) is 36.9 Å². The lowest BCUT2D eigenvalue weighted by molar-refractivity contribution is 0.0460. The summed E-state index contributed by atoms with van der Waals surface area (Å²) in [4.78, 5) is 20.3. The number of fused-ring (bicyclic) bond motifs is 1. The number of amides is 1. The third-order valence-electron chi connectivity index (χ3n) is 6.04. The number of carbonyl (C=O) groups is 1. The normalized spacial score (nSPS) is 27.4. The van der Waals surface area contributed by atoms with Gasteiger partial charge in [0.15, 0.2) is 0 Å². The monoisotopic (exact) mass is 397 g/mol. The molecule has 0 unspecified atom stereocenters. The molecular formula is C22H27N3O2S. The van der Waals surface area contributed by atoms with Crippen molar-refractivity contribution in [2.45, 2.75) is 36.4 Å². The van der Waals surface area contributed by atoms with Gasteiger partial charge in [-0.05, 0) is 60.8 Å². The predicted molar refractivity (Wildman–Crippen MR) is 111 cm³/mol. The Hall–Kier alpha value is -1.89. The quantitative estimate of drug-likeness (QED) is 0.760.